The molecule has 2 fully saturated rings. The highest BCUT2D eigenvalue weighted by Crippen LogP contribution is 2.24. The first kappa shape index (κ1) is 14.6. The highest BCUT2D eigenvalue weighted by molar-refractivity contribution is 5.49. The number of nitrogens with one attached hydrogen (secondary N) is 1. The zero-order chi connectivity index (χ0) is 14.5. The van der Waals surface area contributed by atoms with E-state index in [-0.39, 0.29) is 6.10 Å². The van der Waals surface area contributed by atoms with Gasteiger partial charge in [-0.15, -0.1) is 0 Å². The lowest BCUT2D eigenvalue weighted by Gasteiger charge is -2.35. The SMILES string of the molecule is CCCOc1cccnc1NCC1CN2CCCC2CO1. The molecule has 1 N–H and O–H groups in total. The van der Waals surface area contributed by atoms with E-state index in [0.29, 0.717) is 6.04 Å². The molecule has 116 valence electrons. The van der Waals surface area contributed by atoms with E-state index in [0.717, 1.165) is 44.3 Å². The van der Waals surface area contributed by atoms with Crippen molar-refractivity contribution in [3.05, 3.63) is 18.3 Å². The third-order valence-corrected chi connectivity index (χ3v) is 4.19. The van der Waals surface area contributed by atoms with Crippen molar-refractivity contribution in [3.8, 4) is 5.75 Å². The molecule has 0 spiro atoms. The summed E-state index contributed by atoms with van der Waals surface area (Å²) in [6, 6.07) is 4.52. The highest BCUT2D eigenvalue weighted by Gasteiger charge is 2.32. The molecule has 2 unspecified atom stereocenters. The fourth-order valence-corrected chi connectivity index (χ4v) is 3.07. The second-order valence-corrected chi connectivity index (χ2v) is 5.83. The summed E-state index contributed by atoms with van der Waals surface area (Å²) < 4.78 is 11.7. The molecule has 0 amide bonds. The number of ether oxygens (including phenoxy) is 2. The Morgan fingerprint density at radius 2 is 2.48 bits per heavy atom. The van der Waals surface area contributed by atoms with Crippen LogP contribution < -0.4 is 10.1 Å². The van der Waals surface area contributed by atoms with Gasteiger partial charge in [-0.3, -0.25) is 4.90 Å². The van der Waals surface area contributed by atoms with E-state index >= 15 is 0 Å². The van der Waals surface area contributed by atoms with Crippen molar-refractivity contribution in [1.29, 1.82) is 0 Å². The lowest BCUT2D eigenvalue weighted by Crippen LogP contribution is -2.48. The van der Waals surface area contributed by atoms with Crippen molar-refractivity contribution in [2.75, 3.05) is 38.2 Å². The van der Waals surface area contributed by atoms with Gasteiger partial charge in [-0.2, -0.15) is 0 Å². The Bertz CT molecular complexity index is 455. The Morgan fingerprint density at radius 3 is 3.38 bits per heavy atom. The zero-order valence-corrected chi connectivity index (χ0v) is 12.8. The second-order valence-electron chi connectivity index (χ2n) is 5.83. The molecule has 0 aromatic carbocycles. The fraction of sp³-hybridized carbons (Fsp3) is 0.688. The Labute approximate surface area is 126 Å². The summed E-state index contributed by atoms with van der Waals surface area (Å²) in [4.78, 5) is 6.94. The lowest BCUT2D eigenvalue weighted by molar-refractivity contribution is -0.0416. The van der Waals surface area contributed by atoms with Crippen molar-refractivity contribution in [2.45, 2.75) is 38.3 Å². The van der Waals surface area contributed by atoms with Gasteiger partial charge < -0.3 is 14.8 Å². The number of nitrogens with zero attached hydrogens (tertiary/aromatic N) is 2. The van der Waals surface area contributed by atoms with Crippen LogP contribution in [0.5, 0.6) is 5.75 Å². The Kier molecular flexibility index (Phi) is 4.93. The number of hydrogen-bond donors (Lipinski definition) is 1. The first-order valence-electron chi connectivity index (χ1n) is 8.04. The first-order chi connectivity index (χ1) is 10.4. The number of fused-ring (bicyclic) bond motifs is 1. The summed E-state index contributed by atoms with van der Waals surface area (Å²) in [7, 11) is 0. The molecular formula is C16H25N3O2. The Morgan fingerprint density at radius 1 is 1.52 bits per heavy atom. The predicted octanol–water partition coefficient (Wildman–Crippen LogP) is 2.15. The quantitative estimate of drug-likeness (QED) is 0.870. The van der Waals surface area contributed by atoms with Gasteiger partial charge in [0.1, 0.15) is 0 Å². The van der Waals surface area contributed by atoms with Crippen molar-refractivity contribution in [1.82, 2.24) is 9.88 Å². The number of rotatable bonds is 6. The molecule has 3 rings (SSSR count). The summed E-state index contributed by atoms with van der Waals surface area (Å²) in [5.74, 6) is 1.65. The molecule has 1 aromatic rings. The molecule has 1 aromatic heterocycles. The number of anilines is 1. The minimum absolute atomic E-state index is 0.236. The third kappa shape index (κ3) is 3.66. The van der Waals surface area contributed by atoms with Gasteiger partial charge in [0.05, 0.1) is 19.3 Å². The van der Waals surface area contributed by atoms with Gasteiger partial charge in [-0.05, 0) is 37.9 Å². The van der Waals surface area contributed by atoms with Gasteiger partial charge in [0.2, 0.25) is 0 Å². The van der Waals surface area contributed by atoms with Gasteiger partial charge in [-0.25, -0.2) is 4.98 Å². The summed E-state index contributed by atoms with van der Waals surface area (Å²) >= 11 is 0. The standard InChI is InChI=1S/C16H25N3O2/c1-2-9-20-15-6-3-7-17-16(15)18-10-14-11-19-8-4-5-13(19)12-21-14/h3,6-7,13-14H,2,4-5,8-12H2,1H3,(H,17,18). The van der Waals surface area contributed by atoms with E-state index in [1.165, 1.54) is 19.4 Å². The summed E-state index contributed by atoms with van der Waals surface area (Å²) in [6.45, 7) is 6.71. The molecule has 2 atom stereocenters. The molecule has 0 aliphatic carbocycles. The molecular weight excluding hydrogens is 266 g/mol. The minimum atomic E-state index is 0.236. The Balaban J connectivity index is 1.53. The summed E-state index contributed by atoms with van der Waals surface area (Å²) in [5, 5.41) is 3.38. The van der Waals surface area contributed by atoms with Gasteiger partial charge in [0.15, 0.2) is 11.6 Å². The molecule has 21 heavy (non-hydrogen) atoms. The molecule has 2 aliphatic heterocycles. The van der Waals surface area contributed by atoms with Gasteiger partial charge >= 0.3 is 0 Å². The topological polar surface area (TPSA) is 46.6 Å². The largest absolute Gasteiger partial charge is 0.490 e. The van der Waals surface area contributed by atoms with Gasteiger partial charge in [0.25, 0.3) is 0 Å². The molecule has 0 saturated carbocycles. The fourth-order valence-electron chi connectivity index (χ4n) is 3.07. The molecule has 2 saturated heterocycles. The third-order valence-electron chi connectivity index (χ3n) is 4.19. The van der Waals surface area contributed by atoms with Crippen LogP contribution in [-0.2, 0) is 4.74 Å². The van der Waals surface area contributed by atoms with Crippen LogP contribution in [-0.4, -0.2) is 54.9 Å². The van der Waals surface area contributed by atoms with Crippen molar-refractivity contribution in [3.63, 3.8) is 0 Å². The van der Waals surface area contributed by atoms with E-state index in [9.17, 15) is 0 Å². The van der Waals surface area contributed by atoms with Crippen molar-refractivity contribution in [2.24, 2.45) is 0 Å². The van der Waals surface area contributed by atoms with Crippen LogP contribution in [0.3, 0.4) is 0 Å². The maximum absolute atomic E-state index is 5.96. The van der Waals surface area contributed by atoms with E-state index in [4.69, 9.17) is 9.47 Å². The molecule has 0 radical (unpaired) electrons. The van der Waals surface area contributed by atoms with Crippen LogP contribution in [0.25, 0.3) is 0 Å². The first-order valence-corrected chi connectivity index (χ1v) is 8.04. The van der Waals surface area contributed by atoms with Crippen molar-refractivity contribution < 1.29 is 9.47 Å². The summed E-state index contributed by atoms with van der Waals surface area (Å²) in [5.41, 5.74) is 0. The lowest BCUT2D eigenvalue weighted by atomic mass is 10.2. The van der Waals surface area contributed by atoms with E-state index in [1.54, 1.807) is 6.20 Å². The smallest absolute Gasteiger partial charge is 0.168 e. The van der Waals surface area contributed by atoms with Crippen LogP contribution in [0.2, 0.25) is 0 Å². The maximum Gasteiger partial charge on any atom is 0.168 e. The van der Waals surface area contributed by atoms with Gasteiger partial charge in [0, 0.05) is 25.3 Å². The average molecular weight is 291 g/mol. The number of hydrogen-bond acceptors (Lipinski definition) is 5. The zero-order valence-electron chi connectivity index (χ0n) is 12.8. The van der Waals surface area contributed by atoms with E-state index in [1.807, 2.05) is 12.1 Å². The van der Waals surface area contributed by atoms with Crippen molar-refractivity contribution >= 4 is 5.82 Å². The Hall–Kier alpha value is -1.33. The summed E-state index contributed by atoms with van der Waals surface area (Å²) in [6.07, 6.45) is 5.62. The molecule has 5 heteroatoms. The average Bonchev–Trinajstić information content (AvgIpc) is 2.99. The normalized spacial score (nSPS) is 25.6. The molecule has 2 aliphatic rings. The van der Waals surface area contributed by atoms with Crippen LogP contribution in [0.15, 0.2) is 18.3 Å². The molecule has 5 nitrogen and oxygen atoms in total. The number of aromatic nitrogens is 1. The predicted molar refractivity (Wildman–Crippen MR) is 82.8 cm³/mol. The highest BCUT2D eigenvalue weighted by atomic mass is 16.5. The number of pyridine rings is 1. The van der Waals surface area contributed by atoms with Crippen LogP contribution in [0, 0.1) is 0 Å². The van der Waals surface area contributed by atoms with Crippen LogP contribution >= 0.6 is 0 Å². The van der Waals surface area contributed by atoms with E-state index in [2.05, 4.69) is 22.1 Å². The molecule has 0 bridgehead atoms. The monoisotopic (exact) mass is 291 g/mol. The molecule has 3 heterocycles. The van der Waals surface area contributed by atoms with Gasteiger partial charge in [-0.1, -0.05) is 6.92 Å². The van der Waals surface area contributed by atoms with E-state index < -0.39 is 0 Å². The van der Waals surface area contributed by atoms with Crippen LogP contribution in [0.4, 0.5) is 5.82 Å². The minimum Gasteiger partial charge on any atom is -0.490 e. The second kappa shape index (κ2) is 7.09. The maximum atomic E-state index is 5.96. The van der Waals surface area contributed by atoms with Crippen LogP contribution in [0.1, 0.15) is 26.2 Å². The number of morpholine rings is 1.